The molecule has 1 unspecified atom stereocenters. The Hall–Kier alpha value is -0.540. The zero-order valence-corrected chi connectivity index (χ0v) is 14.1. The Morgan fingerprint density at radius 3 is 2.68 bits per heavy atom. The van der Waals surface area contributed by atoms with Crippen molar-refractivity contribution in [1.29, 1.82) is 0 Å². The van der Waals surface area contributed by atoms with Gasteiger partial charge in [-0.15, -0.1) is 0 Å². The monoisotopic (exact) mass is 327 g/mol. The summed E-state index contributed by atoms with van der Waals surface area (Å²) >= 11 is 3.46. The molecule has 0 saturated carbocycles. The molecule has 0 aliphatic carbocycles. The summed E-state index contributed by atoms with van der Waals surface area (Å²) in [4.78, 5) is 0. The molecule has 0 saturated heterocycles. The van der Waals surface area contributed by atoms with Crippen molar-refractivity contribution in [2.75, 3.05) is 19.7 Å². The molecule has 108 valence electrons. The van der Waals surface area contributed by atoms with Gasteiger partial charge in [0.15, 0.2) is 0 Å². The first-order valence-electron chi connectivity index (χ1n) is 7.07. The normalized spacial score (nSPS) is 14.4. The van der Waals surface area contributed by atoms with Crippen molar-refractivity contribution in [3.05, 3.63) is 28.7 Å². The van der Waals surface area contributed by atoms with Crippen molar-refractivity contribution in [2.24, 2.45) is 11.3 Å². The molecular weight excluding hydrogens is 302 g/mol. The van der Waals surface area contributed by atoms with E-state index in [0.29, 0.717) is 5.92 Å². The molecule has 1 aromatic rings. The summed E-state index contributed by atoms with van der Waals surface area (Å²) in [6.07, 6.45) is 1.06. The lowest BCUT2D eigenvalue weighted by atomic mass is 9.76. The summed E-state index contributed by atoms with van der Waals surface area (Å²) < 4.78 is 6.91. The number of hydrogen-bond donors (Lipinski definition) is 1. The van der Waals surface area contributed by atoms with Gasteiger partial charge in [0.1, 0.15) is 5.75 Å². The molecule has 0 aromatic heterocycles. The van der Waals surface area contributed by atoms with Crippen molar-refractivity contribution < 1.29 is 4.74 Å². The van der Waals surface area contributed by atoms with Gasteiger partial charge in [-0.2, -0.15) is 0 Å². The summed E-state index contributed by atoms with van der Waals surface area (Å²) in [5.74, 6) is 1.57. The van der Waals surface area contributed by atoms with Crippen LogP contribution < -0.4 is 10.1 Å². The molecule has 1 aromatic carbocycles. The Bertz CT molecular complexity index is 381. The molecule has 0 fully saturated rings. The average molecular weight is 328 g/mol. The second-order valence-electron chi connectivity index (χ2n) is 5.64. The Labute approximate surface area is 126 Å². The maximum atomic E-state index is 5.85. The van der Waals surface area contributed by atoms with E-state index in [1.165, 1.54) is 0 Å². The minimum Gasteiger partial charge on any atom is -0.494 e. The molecule has 0 heterocycles. The third-order valence-electron chi connectivity index (χ3n) is 3.91. The second-order valence-corrected chi connectivity index (χ2v) is 6.56. The minimum atomic E-state index is 0.280. The number of nitrogens with one attached hydrogen (secondary N) is 1. The van der Waals surface area contributed by atoms with E-state index >= 15 is 0 Å². The van der Waals surface area contributed by atoms with E-state index < -0.39 is 0 Å². The summed E-state index contributed by atoms with van der Waals surface area (Å²) in [7, 11) is 0. The second kappa shape index (κ2) is 7.91. The fourth-order valence-electron chi connectivity index (χ4n) is 1.95. The van der Waals surface area contributed by atoms with E-state index in [1.54, 1.807) is 0 Å². The van der Waals surface area contributed by atoms with E-state index in [-0.39, 0.29) is 5.41 Å². The highest BCUT2D eigenvalue weighted by Crippen LogP contribution is 2.30. The lowest BCUT2D eigenvalue weighted by Gasteiger charge is -2.34. The van der Waals surface area contributed by atoms with Crippen molar-refractivity contribution in [1.82, 2.24) is 5.32 Å². The van der Waals surface area contributed by atoms with E-state index in [1.807, 2.05) is 24.3 Å². The Kier molecular flexibility index (Phi) is 6.87. The van der Waals surface area contributed by atoms with Crippen LogP contribution in [0.2, 0.25) is 0 Å². The van der Waals surface area contributed by atoms with Crippen molar-refractivity contribution >= 4 is 15.9 Å². The smallest absolute Gasteiger partial charge is 0.120 e. The lowest BCUT2D eigenvalue weighted by Crippen LogP contribution is -2.37. The fraction of sp³-hybridized carbons (Fsp3) is 0.625. The van der Waals surface area contributed by atoms with Gasteiger partial charge in [0.25, 0.3) is 0 Å². The lowest BCUT2D eigenvalue weighted by molar-refractivity contribution is 0.151. The van der Waals surface area contributed by atoms with Crippen LogP contribution in [-0.2, 0) is 0 Å². The van der Waals surface area contributed by atoms with Crippen LogP contribution in [-0.4, -0.2) is 19.7 Å². The fourth-order valence-corrected chi connectivity index (χ4v) is 2.33. The first kappa shape index (κ1) is 16.5. The van der Waals surface area contributed by atoms with Crippen molar-refractivity contribution in [3.8, 4) is 5.75 Å². The quantitative estimate of drug-likeness (QED) is 0.759. The first-order valence-corrected chi connectivity index (χ1v) is 7.86. The number of halogens is 1. The zero-order chi connectivity index (χ0) is 14.3. The zero-order valence-electron chi connectivity index (χ0n) is 12.5. The molecule has 19 heavy (non-hydrogen) atoms. The van der Waals surface area contributed by atoms with Crippen LogP contribution in [0.4, 0.5) is 0 Å². The van der Waals surface area contributed by atoms with E-state index in [2.05, 4.69) is 48.9 Å². The molecule has 1 rings (SSSR count). The highest BCUT2D eigenvalue weighted by molar-refractivity contribution is 9.10. The van der Waals surface area contributed by atoms with E-state index in [4.69, 9.17) is 4.74 Å². The number of benzene rings is 1. The van der Waals surface area contributed by atoms with E-state index in [9.17, 15) is 0 Å². The van der Waals surface area contributed by atoms with Crippen LogP contribution >= 0.6 is 15.9 Å². The molecule has 1 N–H and O–H groups in total. The highest BCUT2D eigenvalue weighted by Gasteiger charge is 2.27. The molecule has 3 heteroatoms. The maximum Gasteiger partial charge on any atom is 0.120 e. The van der Waals surface area contributed by atoms with Crippen molar-refractivity contribution in [3.63, 3.8) is 0 Å². The first-order chi connectivity index (χ1) is 8.98. The molecule has 0 bridgehead atoms. The molecule has 0 spiro atoms. The summed E-state index contributed by atoms with van der Waals surface area (Å²) in [5.41, 5.74) is 0.280. The van der Waals surface area contributed by atoms with E-state index in [0.717, 1.165) is 36.3 Å². The maximum absolute atomic E-state index is 5.85. The van der Waals surface area contributed by atoms with Gasteiger partial charge in [-0.05, 0) is 42.5 Å². The number of rotatable bonds is 8. The van der Waals surface area contributed by atoms with Gasteiger partial charge in [0.05, 0.1) is 6.61 Å². The van der Waals surface area contributed by atoms with Gasteiger partial charge in [-0.25, -0.2) is 0 Å². The Morgan fingerprint density at radius 2 is 2.11 bits per heavy atom. The van der Waals surface area contributed by atoms with Crippen LogP contribution in [0, 0.1) is 11.3 Å². The molecule has 1 atom stereocenters. The predicted octanol–water partition coefficient (Wildman–Crippen LogP) is 4.49. The summed E-state index contributed by atoms with van der Waals surface area (Å²) in [6.45, 7) is 11.9. The van der Waals surface area contributed by atoms with Crippen LogP contribution in [0.15, 0.2) is 28.7 Å². The average Bonchev–Trinajstić information content (AvgIpc) is 2.36. The van der Waals surface area contributed by atoms with Crippen LogP contribution in [0.3, 0.4) is 0 Å². The third kappa shape index (κ3) is 5.53. The molecule has 2 nitrogen and oxygen atoms in total. The highest BCUT2D eigenvalue weighted by atomic mass is 79.9. The minimum absolute atomic E-state index is 0.280. The standard InChI is InChI=1S/C16H26BrNO/c1-5-18-12-16(4,13(2)3)9-10-19-15-8-6-7-14(17)11-15/h6-8,11,13,18H,5,9-10,12H2,1-4H3. The van der Waals surface area contributed by atoms with Crippen LogP contribution in [0.5, 0.6) is 5.75 Å². The summed E-state index contributed by atoms with van der Waals surface area (Å²) in [6, 6.07) is 8.02. The van der Waals surface area contributed by atoms with Gasteiger partial charge in [0.2, 0.25) is 0 Å². The van der Waals surface area contributed by atoms with Gasteiger partial charge < -0.3 is 10.1 Å². The molecule has 0 aliphatic heterocycles. The van der Waals surface area contributed by atoms with Gasteiger partial charge in [-0.1, -0.05) is 49.7 Å². The molecule has 0 amide bonds. The number of ether oxygens (including phenoxy) is 1. The molecule has 0 aliphatic rings. The van der Waals surface area contributed by atoms with Crippen molar-refractivity contribution in [2.45, 2.75) is 34.1 Å². The Balaban J connectivity index is 2.48. The van der Waals surface area contributed by atoms with Gasteiger partial charge in [-0.3, -0.25) is 0 Å². The third-order valence-corrected chi connectivity index (χ3v) is 4.40. The Morgan fingerprint density at radius 1 is 1.37 bits per heavy atom. The van der Waals surface area contributed by atoms with Gasteiger partial charge >= 0.3 is 0 Å². The summed E-state index contributed by atoms with van der Waals surface area (Å²) in [5, 5.41) is 3.46. The number of hydrogen-bond acceptors (Lipinski definition) is 2. The molecule has 0 radical (unpaired) electrons. The largest absolute Gasteiger partial charge is 0.494 e. The van der Waals surface area contributed by atoms with Crippen LogP contribution in [0.1, 0.15) is 34.1 Å². The predicted molar refractivity (Wildman–Crippen MR) is 85.7 cm³/mol. The molecular formula is C16H26BrNO. The SMILES string of the molecule is CCNCC(C)(CCOc1cccc(Br)c1)C(C)C. The van der Waals surface area contributed by atoms with Gasteiger partial charge in [0, 0.05) is 11.0 Å². The van der Waals surface area contributed by atoms with Crippen LogP contribution in [0.25, 0.3) is 0 Å². The topological polar surface area (TPSA) is 21.3 Å².